The molecule has 17 heavy (non-hydrogen) atoms. The molecule has 1 aromatic rings. The van der Waals surface area contributed by atoms with E-state index in [0.717, 1.165) is 37.7 Å². The van der Waals surface area contributed by atoms with E-state index in [9.17, 15) is 0 Å². The maximum atomic E-state index is 8.70. The predicted octanol–water partition coefficient (Wildman–Crippen LogP) is 1.65. The first-order valence-corrected chi connectivity index (χ1v) is 6.29. The Hall–Kier alpha value is -1.37. The fourth-order valence-corrected chi connectivity index (χ4v) is 2.20. The third-order valence-corrected chi connectivity index (χ3v) is 3.30. The highest BCUT2D eigenvalue weighted by Gasteiger charge is 2.11. The van der Waals surface area contributed by atoms with Crippen LogP contribution < -0.4 is 10.6 Å². The minimum Gasteiger partial charge on any atom is -0.317 e. The smallest absolute Gasteiger partial charge is 0.0991 e. The minimum absolute atomic E-state index is 0.729. The molecule has 90 valence electrons. The van der Waals surface area contributed by atoms with Gasteiger partial charge in [0, 0.05) is 6.54 Å². The summed E-state index contributed by atoms with van der Waals surface area (Å²) in [5.41, 5.74) is 1.98. The standard InChI is InChI=1S/C14H19N3/c15-9-12-1-3-13(4-2-12)10-17-11-14-5-7-16-8-6-14/h1-4,14,16-17H,5-8,10-11H2. The lowest BCUT2D eigenvalue weighted by atomic mass is 9.98. The van der Waals surface area contributed by atoms with E-state index < -0.39 is 0 Å². The van der Waals surface area contributed by atoms with E-state index in [-0.39, 0.29) is 0 Å². The third-order valence-electron chi connectivity index (χ3n) is 3.30. The molecule has 2 rings (SSSR count). The summed E-state index contributed by atoms with van der Waals surface area (Å²) in [4.78, 5) is 0. The van der Waals surface area contributed by atoms with Crippen LogP contribution in [0.1, 0.15) is 24.0 Å². The summed E-state index contributed by atoms with van der Waals surface area (Å²) >= 11 is 0. The third kappa shape index (κ3) is 3.85. The maximum absolute atomic E-state index is 8.70. The molecule has 1 aliphatic heterocycles. The summed E-state index contributed by atoms with van der Waals surface area (Å²) in [6, 6.07) is 9.93. The molecule has 1 saturated heterocycles. The van der Waals surface area contributed by atoms with Crippen LogP contribution in [0, 0.1) is 17.2 Å². The van der Waals surface area contributed by atoms with Crippen molar-refractivity contribution in [1.82, 2.24) is 10.6 Å². The van der Waals surface area contributed by atoms with E-state index in [1.807, 2.05) is 24.3 Å². The van der Waals surface area contributed by atoms with Crippen molar-refractivity contribution in [3.8, 4) is 6.07 Å². The SMILES string of the molecule is N#Cc1ccc(CNCC2CCNCC2)cc1. The molecular weight excluding hydrogens is 210 g/mol. The lowest BCUT2D eigenvalue weighted by Crippen LogP contribution is -2.33. The molecule has 0 aliphatic carbocycles. The van der Waals surface area contributed by atoms with Crippen LogP contribution in [0.3, 0.4) is 0 Å². The Labute approximate surface area is 103 Å². The van der Waals surface area contributed by atoms with Crippen molar-refractivity contribution in [2.45, 2.75) is 19.4 Å². The summed E-state index contributed by atoms with van der Waals surface area (Å²) in [7, 11) is 0. The molecule has 0 radical (unpaired) electrons. The van der Waals surface area contributed by atoms with Gasteiger partial charge >= 0.3 is 0 Å². The largest absolute Gasteiger partial charge is 0.317 e. The summed E-state index contributed by atoms with van der Waals surface area (Å²) in [6.07, 6.45) is 2.56. The highest BCUT2D eigenvalue weighted by molar-refractivity contribution is 5.31. The van der Waals surface area contributed by atoms with Gasteiger partial charge in [0.2, 0.25) is 0 Å². The Kier molecular flexibility index (Phi) is 4.54. The zero-order valence-electron chi connectivity index (χ0n) is 10.1. The van der Waals surface area contributed by atoms with Crippen LogP contribution in [0.25, 0.3) is 0 Å². The highest BCUT2D eigenvalue weighted by Crippen LogP contribution is 2.10. The number of piperidine rings is 1. The molecule has 0 amide bonds. The lowest BCUT2D eigenvalue weighted by Gasteiger charge is -2.22. The monoisotopic (exact) mass is 229 g/mol. The van der Waals surface area contributed by atoms with Gasteiger partial charge in [-0.1, -0.05) is 12.1 Å². The number of benzene rings is 1. The van der Waals surface area contributed by atoms with Crippen LogP contribution in [0.15, 0.2) is 24.3 Å². The van der Waals surface area contributed by atoms with Gasteiger partial charge in [0.1, 0.15) is 0 Å². The molecule has 1 aliphatic rings. The molecule has 1 fully saturated rings. The summed E-state index contributed by atoms with van der Waals surface area (Å²) in [6.45, 7) is 4.31. The number of rotatable bonds is 4. The van der Waals surface area contributed by atoms with Gasteiger partial charge in [0.15, 0.2) is 0 Å². The summed E-state index contributed by atoms with van der Waals surface area (Å²) in [5, 5.41) is 15.6. The first-order chi connectivity index (χ1) is 8.38. The Morgan fingerprint density at radius 3 is 2.59 bits per heavy atom. The van der Waals surface area contributed by atoms with Crippen LogP contribution in [-0.4, -0.2) is 19.6 Å². The predicted molar refractivity (Wildman–Crippen MR) is 68.5 cm³/mol. The van der Waals surface area contributed by atoms with Gasteiger partial charge in [0.05, 0.1) is 11.6 Å². The molecule has 3 nitrogen and oxygen atoms in total. The second-order valence-corrected chi connectivity index (χ2v) is 4.63. The van der Waals surface area contributed by atoms with Gasteiger partial charge in [-0.2, -0.15) is 5.26 Å². The van der Waals surface area contributed by atoms with Crippen molar-refractivity contribution in [2.75, 3.05) is 19.6 Å². The quantitative estimate of drug-likeness (QED) is 0.825. The number of hydrogen-bond acceptors (Lipinski definition) is 3. The molecule has 0 bridgehead atoms. The number of hydrogen-bond donors (Lipinski definition) is 2. The number of nitriles is 1. The molecule has 0 aromatic heterocycles. The average Bonchev–Trinajstić information content (AvgIpc) is 2.41. The second-order valence-electron chi connectivity index (χ2n) is 4.63. The Morgan fingerprint density at radius 2 is 1.94 bits per heavy atom. The van der Waals surface area contributed by atoms with Gasteiger partial charge in [-0.25, -0.2) is 0 Å². The molecule has 3 heteroatoms. The first kappa shape index (κ1) is 12.1. The Balaban J connectivity index is 1.72. The molecule has 0 atom stereocenters. The van der Waals surface area contributed by atoms with Crippen LogP contribution >= 0.6 is 0 Å². The van der Waals surface area contributed by atoms with Gasteiger partial charge in [-0.05, 0) is 56.1 Å². The summed E-state index contributed by atoms with van der Waals surface area (Å²) < 4.78 is 0. The highest BCUT2D eigenvalue weighted by atomic mass is 14.9. The van der Waals surface area contributed by atoms with Gasteiger partial charge in [0.25, 0.3) is 0 Å². The van der Waals surface area contributed by atoms with Crippen LogP contribution in [0.5, 0.6) is 0 Å². The van der Waals surface area contributed by atoms with E-state index in [1.54, 1.807) is 0 Å². The number of nitrogens with zero attached hydrogens (tertiary/aromatic N) is 1. The van der Waals surface area contributed by atoms with Crippen LogP contribution in [0.2, 0.25) is 0 Å². The molecule has 0 spiro atoms. The van der Waals surface area contributed by atoms with Crippen LogP contribution in [0.4, 0.5) is 0 Å². The lowest BCUT2D eigenvalue weighted by molar-refractivity contribution is 0.356. The van der Waals surface area contributed by atoms with Crippen molar-refractivity contribution in [3.05, 3.63) is 35.4 Å². The van der Waals surface area contributed by atoms with Gasteiger partial charge in [-0.15, -0.1) is 0 Å². The van der Waals surface area contributed by atoms with Gasteiger partial charge in [-0.3, -0.25) is 0 Å². The van der Waals surface area contributed by atoms with E-state index in [1.165, 1.54) is 18.4 Å². The molecule has 0 saturated carbocycles. The van der Waals surface area contributed by atoms with Crippen molar-refractivity contribution < 1.29 is 0 Å². The van der Waals surface area contributed by atoms with Crippen LogP contribution in [-0.2, 0) is 6.54 Å². The summed E-state index contributed by atoms with van der Waals surface area (Å²) in [5.74, 6) is 0.814. The van der Waals surface area contributed by atoms with Crippen molar-refractivity contribution >= 4 is 0 Å². The Bertz CT molecular complexity index is 371. The van der Waals surface area contributed by atoms with Gasteiger partial charge < -0.3 is 10.6 Å². The molecule has 1 aromatic carbocycles. The first-order valence-electron chi connectivity index (χ1n) is 6.29. The fourth-order valence-electron chi connectivity index (χ4n) is 2.20. The minimum atomic E-state index is 0.729. The van der Waals surface area contributed by atoms with Crippen molar-refractivity contribution in [1.29, 1.82) is 5.26 Å². The van der Waals surface area contributed by atoms with E-state index >= 15 is 0 Å². The van der Waals surface area contributed by atoms with Crippen molar-refractivity contribution in [2.24, 2.45) is 5.92 Å². The Morgan fingerprint density at radius 1 is 1.24 bits per heavy atom. The normalized spacial score (nSPS) is 16.6. The van der Waals surface area contributed by atoms with E-state index in [4.69, 9.17) is 5.26 Å². The zero-order chi connectivity index (χ0) is 11.9. The molecule has 2 N–H and O–H groups in total. The topological polar surface area (TPSA) is 47.9 Å². The molecule has 1 heterocycles. The van der Waals surface area contributed by atoms with Crippen molar-refractivity contribution in [3.63, 3.8) is 0 Å². The maximum Gasteiger partial charge on any atom is 0.0991 e. The second kappa shape index (κ2) is 6.39. The van der Waals surface area contributed by atoms with E-state index in [2.05, 4.69) is 16.7 Å². The fraction of sp³-hybridized carbons (Fsp3) is 0.500. The van der Waals surface area contributed by atoms with E-state index in [0.29, 0.717) is 0 Å². The molecule has 0 unspecified atom stereocenters. The molecular formula is C14H19N3. The average molecular weight is 229 g/mol. The number of nitrogens with one attached hydrogen (secondary N) is 2. The zero-order valence-corrected chi connectivity index (χ0v) is 10.1.